The molecule has 110 valence electrons. The van der Waals surface area contributed by atoms with Gasteiger partial charge >= 0.3 is 5.97 Å². The summed E-state index contributed by atoms with van der Waals surface area (Å²) in [6.07, 6.45) is 0.906. The topological polar surface area (TPSA) is 79.5 Å². The first-order valence-corrected chi connectivity index (χ1v) is 6.76. The summed E-state index contributed by atoms with van der Waals surface area (Å²) in [4.78, 5) is 23.3. The molecule has 0 radical (unpaired) electrons. The number of aryl methyl sites for hydroxylation is 1. The van der Waals surface area contributed by atoms with Crippen molar-refractivity contribution in [3.05, 3.63) is 59.5 Å². The van der Waals surface area contributed by atoms with Crippen molar-refractivity contribution in [2.45, 2.75) is 25.8 Å². The van der Waals surface area contributed by atoms with Crippen molar-refractivity contribution in [3.63, 3.8) is 0 Å². The van der Waals surface area contributed by atoms with Gasteiger partial charge in [0.05, 0.1) is 0 Å². The maximum absolute atomic E-state index is 12.0. The van der Waals surface area contributed by atoms with Crippen LogP contribution in [0.25, 0.3) is 0 Å². The van der Waals surface area contributed by atoms with Crippen LogP contribution in [0.4, 0.5) is 0 Å². The number of amides is 1. The van der Waals surface area contributed by atoms with Crippen LogP contribution in [0.5, 0.6) is 0 Å². The van der Waals surface area contributed by atoms with Crippen molar-refractivity contribution in [2.24, 2.45) is 0 Å². The van der Waals surface area contributed by atoms with Gasteiger partial charge in [-0.3, -0.25) is 4.79 Å². The molecular formula is C16H17NO4. The predicted molar refractivity (Wildman–Crippen MR) is 77.1 cm³/mol. The number of carboxylic acids is 1. The second-order valence-corrected chi connectivity index (χ2v) is 4.67. The molecule has 1 aromatic heterocycles. The first-order valence-electron chi connectivity index (χ1n) is 6.76. The molecule has 0 unspecified atom stereocenters. The number of benzene rings is 1. The minimum Gasteiger partial charge on any atom is -0.480 e. The van der Waals surface area contributed by atoms with Crippen molar-refractivity contribution in [1.82, 2.24) is 5.32 Å². The van der Waals surface area contributed by atoms with Gasteiger partial charge in [-0.1, -0.05) is 37.3 Å². The van der Waals surface area contributed by atoms with Crippen LogP contribution in [-0.4, -0.2) is 23.0 Å². The highest BCUT2D eigenvalue weighted by Crippen LogP contribution is 2.09. The van der Waals surface area contributed by atoms with Crippen molar-refractivity contribution in [1.29, 1.82) is 0 Å². The van der Waals surface area contributed by atoms with Crippen LogP contribution in [0, 0.1) is 0 Å². The summed E-state index contributed by atoms with van der Waals surface area (Å²) in [5.74, 6) is -0.770. The van der Waals surface area contributed by atoms with E-state index in [1.54, 1.807) is 12.1 Å². The van der Waals surface area contributed by atoms with Gasteiger partial charge in [0.2, 0.25) is 0 Å². The first-order chi connectivity index (χ1) is 10.1. The lowest BCUT2D eigenvalue weighted by Gasteiger charge is -2.13. The predicted octanol–water partition coefficient (Wildman–Crippen LogP) is 2.27. The first kappa shape index (κ1) is 14.8. The van der Waals surface area contributed by atoms with E-state index in [4.69, 9.17) is 4.42 Å². The molecule has 0 aliphatic carbocycles. The SMILES string of the molecule is CCc1ccc(C(=O)N[C@@H](Cc2ccccc2)C(=O)O)o1. The molecule has 1 atom stereocenters. The number of carbonyl (C=O) groups is 2. The van der Waals surface area contributed by atoms with Crippen molar-refractivity contribution in [2.75, 3.05) is 0 Å². The number of furan rings is 1. The molecule has 0 fully saturated rings. The Balaban J connectivity index is 2.05. The smallest absolute Gasteiger partial charge is 0.326 e. The van der Waals surface area contributed by atoms with Gasteiger partial charge in [0.1, 0.15) is 11.8 Å². The van der Waals surface area contributed by atoms with Crippen LogP contribution in [0.1, 0.15) is 28.8 Å². The average molecular weight is 287 g/mol. The summed E-state index contributed by atoms with van der Waals surface area (Å²) in [6, 6.07) is 11.4. The van der Waals surface area contributed by atoms with Crippen LogP contribution < -0.4 is 5.32 Å². The van der Waals surface area contributed by atoms with Gasteiger partial charge < -0.3 is 14.8 Å². The van der Waals surface area contributed by atoms with Crippen LogP contribution in [0.2, 0.25) is 0 Å². The fraction of sp³-hybridized carbons (Fsp3) is 0.250. The van der Waals surface area contributed by atoms with Crippen molar-refractivity contribution in [3.8, 4) is 0 Å². The monoisotopic (exact) mass is 287 g/mol. The largest absolute Gasteiger partial charge is 0.480 e. The minimum atomic E-state index is -1.07. The number of rotatable bonds is 6. The summed E-state index contributed by atoms with van der Waals surface area (Å²) in [7, 11) is 0. The van der Waals surface area contributed by atoms with Gasteiger partial charge in [0.25, 0.3) is 5.91 Å². The van der Waals surface area contributed by atoms with E-state index < -0.39 is 17.9 Å². The van der Waals surface area contributed by atoms with E-state index in [1.807, 2.05) is 37.3 Å². The molecule has 2 N–H and O–H groups in total. The molecule has 0 aliphatic heterocycles. The van der Waals surface area contributed by atoms with Crippen molar-refractivity contribution < 1.29 is 19.1 Å². The van der Waals surface area contributed by atoms with E-state index in [9.17, 15) is 14.7 Å². The Kier molecular flexibility index (Phi) is 4.77. The van der Waals surface area contributed by atoms with Crippen LogP contribution >= 0.6 is 0 Å². The summed E-state index contributed by atoms with van der Waals surface area (Å²) < 4.78 is 5.32. The molecule has 2 rings (SSSR count). The van der Waals surface area contributed by atoms with Crippen LogP contribution in [-0.2, 0) is 17.6 Å². The van der Waals surface area contributed by atoms with Gasteiger partial charge in [-0.15, -0.1) is 0 Å². The van der Waals surface area contributed by atoms with Crippen LogP contribution in [0.3, 0.4) is 0 Å². The molecule has 1 heterocycles. The van der Waals surface area contributed by atoms with E-state index >= 15 is 0 Å². The number of hydrogen-bond acceptors (Lipinski definition) is 3. The van der Waals surface area contributed by atoms with Gasteiger partial charge in [-0.2, -0.15) is 0 Å². The number of hydrogen-bond donors (Lipinski definition) is 2. The lowest BCUT2D eigenvalue weighted by Crippen LogP contribution is -2.42. The summed E-state index contributed by atoms with van der Waals surface area (Å²) in [6.45, 7) is 1.91. The van der Waals surface area contributed by atoms with Crippen LogP contribution in [0.15, 0.2) is 46.9 Å². The third-order valence-corrected chi connectivity index (χ3v) is 3.12. The third kappa shape index (κ3) is 3.95. The molecule has 0 saturated heterocycles. The Morgan fingerprint density at radius 3 is 2.48 bits per heavy atom. The zero-order valence-corrected chi connectivity index (χ0v) is 11.7. The minimum absolute atomic E-state index is 0.131. The molecule has 1 amide bonds. The number of nitrogens with one attached hydrogen (secondary N) is 1. The highest BCUT2D eigenvalue weighted by Gasteiger charge is 2.22. The number of carboxylic acid groups (broad SMARTS) is 1. The molecule has 0 spiro atoms. The summed E-state index contributed by atoms with van der Waals surface area (Å²) in [5, 5.41) is 11.7. The quantitative estimate of drug-likeness (QED) is 0.854. The maximum Gasteiger partial charge on any atom is 0.326 e. The lowest BCUT2D eigenvalue weighted by molar-refractivity contribution is -0.139. The molecule has 1 aromatic carbocycles. The third-order valence-electron chi connectivity index (χ3n) is 3.12. The maximum atomic E-state index is 12.0. The molecular weight excluding hydrogens is 270 g/mol. The number of carbonyl (C=O) groups excluding carboxylic acids is 1. The summed E-state index contributed by atoms with van der Waals surface area (Å²) in [5.41, 5.74) is 0.846. The summed E-state index contributed by atoms with van der Waals surface area (Å²) >= 11 is 0. The fourth-order valence-electron chi connectivity index (χ4n) is 1.97. The van der Waals surface area contributed by atoms with E-state index in [0.29, 0.717) is 12.2 Å². The zero-order valence-electron chi connectivity index (χ0n) is 11.7. The molecule has 5 heteroatoms. The Labute approximate surface area is 122 Å². The van der Waals surface area contributed by atoms with Gasteiger partial charge in [0, 0.05) is 12.8 Å². The molecule has 2 aromatic rings. The normalized spacial score (nSPS) is 11.9. The van der Waals surface area contributed by atoms with Gasteiger partial charge in [-0.05, 0) is 17.7 Å². The highest BCUT2D eigenvalue weighted by atomic mass is 16.4. The Morgan fingerprint density at radius 2 is 1.90 bits per heavy atom. The van der Waals surface area contributed by atoms with Crippen molar-refractivity contribution >= 4 is 11.9 Å². The van der Waals surface area contributed by atoms with E-state index in [2.05, 4.69) is 5.32 Å². The lowest BCUT2D eigenvalue weighted by atomic mass is 10.1. The molecule has 21 heavy (non-hydrogen) atoms. The van der Waals surface area contributed by atoms with E-state index in [1.165, 1.54) is 0 Å². The highest BCUT2D eigenvalue weighted by molar-refractivity contribution is 5.94. The second kappa shape index (κ2) is 6.74. The fourth-order valence-corrected chi connectivity index (χ4v) is 1.97. The van der Waals surface area contributed by atoms with Gasteiger partial charge in [0.15, 0.2) is 5.76 Å². The average Bonchev–Trinajstić information content (AvgIpc) is 2.96. The number of aliphatic carboxylic acids is 1. The van der Waals surface area contributed by atoms with Gasteiger partial charge in [-0.25, -0.2) is 4.79 Å². The standard InChI is InChI=1S/C16H17NO4/c1-2-12-8-9-14(21-12)15(18)17-13(16(19)20)10-11-6-4-3-5-7-11/h3-9,13H,2,10H2,1H3,(H,17,18)(H,19,20)/t13-/m0/s1. The molecule has 0 aliphatic rings. The van der Waals surface area contributed by atoms with E-state index in [0.717, 1.165) is 5.56 Å². The Bertz CT molecular complexity index is 618. The zero-order chi connectivity index (χ0) is 15.2. The molecule has 5 nitrogen and oxygen atoms in total. The Morgan fingerprint density at radius 1 is 1.19 bits per heavy atom. The molecule has 0 bridgehead atoms. The second-order valence-electron chi connectivity index (χ2n) is 4.67. The Hall–Kier alpha value is -2.56. The molecule has 0 saturated carbocycles. The van der Waals surface area contributed by atoms with E-state index in [-0.39, 0.29) is 12.2 Å².